The van der Waals surface area contributed by atoms with Crippen molar-refractivity contribution < 1.29 is 46.6 Å². The molecule has 0 spiro atoms. The highest BCUT2D eigenvalue weighted by Crippen LogP contribution is 2.37. The predicted molar refractivity (Wildman–Crippen MR) is 224 cm³/mol. The number of rotatable bonds is 19. The summed E-state index contributed by atoms with van der Waals surface area (Å²) in [6.07, 6.45) is 3.47. The molecule has 61 heavy (non-hydrogen) atoms. The van der Waals surface area contributed by atoms with Gasteiger partial charge in [-0.25, -0.2) is 14.8 Å². The number of fused-ring (bicyclic) bond motifs is 1. The number of pyridine rings is 2. The number of amides is 1. The first-order valence-electron chi connectivity index (χ1n) is 19.3. The molecule has 7 rings (SSSR count). The highest BCUT2D eigenvalue weighted by molar-refractivity contribution is 7.85. The van der Waals surface area contributed by atoms with Gasteiger partial charge in [-0.2, -0.15) is 13.5 Å². The molecule has 1 amide bonds. The minimum absolute atomic E-state index is 0.0286. The average molecular weight is 844 g/mol. The van der Waals surface area contributed by atoms with E-state index in [0.717, 1.165) is 41.6 Å². The average Bonchev–Trinajstić information content (AvgIpc) is 3.75. The van der Waals surface area contributed by atoms with Crippen molar-refractivity contribution in [3.63, 3.8) is 0 Å². The van der Waals surface area contributed by atoms with Crippen LogP contribution in [-0.4, -0.2) is 66.0 Å². The van der Waals surface area contributed by atoms with Crippen molar-refractivity contribution in [1.82, 2.24) is 15.3 Å². The summed E-state index contributed by atoms with van der Waals surface area (Å²) in [5.41, 5.74) is 4.61. The molecule has 0 saturated carbocycles. The number of unbranched alkanes of at least 4 members (excludes halogenated alkanes) is 2. The second-order valence-corrected chi connectivity index (χ2v) is 15.2. The van der Waals surface area contributed by atoms with E-state index < -0.39 is 28.0 Å². The maximum absolute atomic E-state index is 13.1. The summed E-state index contributed by atoms with van der Waals surface area (Å²) in [6.45, 7) is 0.885. The number of aliphatic carboxylic acids is 1. The standard InChI is InChI=1S/C45H41N5O10S/c51-44(34-18-20-42(46-27-34)50-47-28-33-14-6-8-16-41(33)61(54,55)56)49-37(45(52)53)23-32-13-5-7-15-38(32)57-21-9-2-10-22-58-43-26-35(24-36(48-43)30-11-3-1-4-12-30)31-17-19-39-40(25-31)60-29-59-39/h1,3-8,11-20,24-27,37H,2,9-10,21-23,28-29H2,(H,49,51)(H,52,53)(H,54,55,56). The Morgan fingerprint density at radius 1 is 0.770 bits per heavy atom. The molecule has 1 unspecified atom stereocenters. The van der Waals surface area contributed by atoms with Gasteiger partial charge in [-0.05, 0) is 84.0 Å². The number of nitrogens with one attached hydrogen (secondary N) is 1. The summed E-state index contributed by atoms with van der Waals surface area (Å²) in [5.74, 6) is 0.689. The lowest BCUT2D eigenvalue weighted by atomic mass is 10.0. The molecule has 0 bridgehead atoms. The zero-order valence-corrected chi connectivity index (χ0v) is 33.5. The van der Waals surface area contributed by atoms with Crippen molar-refractivity contribution in [2.45, 2.75) is 43.2 Å². The van der Waals surface area contributed by atoms with Gasteiger partial charge in [-0.3, -0.25) is 9.35 Å². The summed E-state index contributed by atoms with van der Waals surface area (Å²) in [6, 6.07) is 34.2. The number of benzene rings is 4. The molecule has 1 aliphatic rings. The van der Waals surface area contributed by atoms with Crippen molar-refractivity contribution >= 4 is 27.8 Å². The van der Waals surface area contributed by atoms with Gasteiger partial charge in [0.05, 0.1) is 35.9 Å². The molecule has 312 valence electrons. The van der Waals surface area contributed by atoms with Crippen LogP contribution in [-0.2, 0) is 27.9 Å². The van der Waals surface area contributed by atoms with Gasteiger partial charge < -0.3 is 29.4 Å². The van der Waals surface area contributed by atoms with Crippen LogP contribution in [0.5, 0.6) is 23.1 Å². The molecule has 0 aliphatic carbocycles. The fraction of sp³-hybridized carbons (Fsp3) is 0.200. The summed E-state index contributed by atoms with van der Waals surface area (Å²) < 4.78 is 56.0. The van der Waals surface area contributed by atoms with Gasteiger partial charge in [0.2, 0.25) is 12.7 Å². The lowest BCUT2D eigenvalue weighted by Crippen LogP contribution is -2.42. The lowest BCUT2D eigenvalue weighted by molar-refractivity contribution is -0.139. The number of carboxylic acid groups (broad SMARTS) is 1. The summed E-state index contributed by atoms with van der Waals surface area (Å²) in [4.78, 5) is 33.9. The third kappa shape index (κ3) is 11.3. The molecule has 16 heteroatoms. The monoisotopic (exact) mass is 843 g/mol. The molecule has 15 nitrogen and oxygen atoms in total. The van der Waals surface area contributed by atoms with E-state index in [4.69, 9.17) is 23.9 Å². The van der Waals surface area contributed by atoms with Crippen LogP contribution in [0.25, 0.3) is 22.4 Å². The third-order valence-corrected chi connectivity index (χ3v) is 10.5. The molecule has 1 atom stereocenters. The Kier molecular flexibility index (Phi) is 13.6. The molecule has 3 N–H and O–H groups in total. The largest absolute Gasteiger partial charge is 0.493 e. The highest BCUT2D eigenvalue weighted by atomic mass is 32.2. The molecule has 1 aliphatic heterocycles. The topological polar surface area (TPSA) is 208 Å². The van der Waals surface area contributed by atoms with Gasteiger partial charge in [0, 0.05) is 24.2 Å². The minimum Gasteiger partial charge on any atom is -0.493 e. The first kappa shape index (κ1) is 42.0. The maximum Gasteiger partial charge on any atom is 0.326 e. The fourth-order valence-electron chi connectivity index (χ4n) is 6.44. The number of hydrogen-bond donors (Lipinski definition) is 3. The molecule has 3 heterocycles. The molecule has 2 aromatic heterocycles. The second-order valence-electron chi connectivity index (χ2n) is 13.8. The highest BCUT2D eigenvalue weighted by Gasteiger charge is 2.23. The van der Waals surface area contributed by atoms with Gasteiger partial charge in [0.25, 0.3) is 16.0 Å². The Balaban J connectivity index is 0.888. The molecule has 6 aromatic rings. The number of carboxylic acids is 1. The Labute approximate surface area is 351 Å². The van der Waals surface area contributed by atoms with Crippen LogP contribution in [0.15, 0.2) is 143 Å². The van der Waals surface area contributed by atoms with Gasteiger partial charge in [0.1, 0.15) is 11.8 Å². The number of para-hydroxylation sites is 1. The number of carbonyl (C=O) groups excluding carboxylic acids is 1. The van der Waals surface area contributed by atoms with Gasteiger partial charge in [-0.15, -0.1) is 5.11 Å². The van der Waals surface area contributed by atoms with Crippen LogP contribution in [0.4, 0.5) is 5.82 Å². The van der Waals surface area contributed by atoms with Crippen LogP contribution in [0.3, 0.4) is 0 Å². The van der Waals surface area contributed by atoms with Crippen molar-refractivity contribution in [2.75, 3.05) is 20.0 Å². The van der Waals surface area contributed by atoms with Crippen molar-refractivity contribution in [3.05, 3.63) is 144 Å². The molecule has 0 radical (unpaired) electrons. The van der Waals surface area contributed by atoms with E-state index in [9.17, 15) is 27.7 Å². The summed E-state index contributed by atoms with van der Waals surface area (Å²) in [7, 11) is -4.43. The number of nitrogens with zero attached hydrogens (tertiary/aromatic N) is 4. The van der Waals surface area contributed by atoms with Crippen molar-refractivity contribution in [1.29, 1.82) is 0 Å². The normalized spacial score (nSPS) is 12.5. The molecular weight excluding hydrogens is 803 g/mol. The molecule has 0 fully saturated rings. The Hall–Kier alpha value is -7.17. The predicted octanol–water partition coefficient (Wildman–Crippen LogP) is 8.12. The first-order chi connectivity index (χ1) is 29.6. The van der Waals surface area contributed by atoms with E-state index >= 15 is 0 Å². The fourth-order valence-corrected chi connectivity index (χ4v) is 7.16. The van der Waals surface area contributed by atoms with E-state index in [1.165, 1.54) is 36.5 Å². The molecule has 4 aromatic carbocycles. The zero-order chi connectivity index (χ0) is 42.6. The number of aromatic nitrogens is 2. The number of azo groups is 1. The quantitative estimate of drug-likeness (QED) is 0.0401. The van der Waals surface area contributed by atoms with E-state index in [0.29, 0.717) is 41.9 Å². The van der Waals surface area contributed by atoms with Crippen LogP contribution in [0.2, 0.25) is 0 Å². The minimum atomic E-state index is -4.43. The van der Waals surface area contributed by atoms with Gasteiger partial charge >= 0.3 is 5.97 Å². The third-order valence-electron chi connectivity index (χ3n) is 9.55. The van der Waals surface area contributed by atoms with E-state index in [1.807, 2.05) is 60.7 Å². The smallest absolute Gasteiger partial charge is 0.326 e. The zero-order valence-electron chi connectivity index (χ0n) is 32.7. The van der Waals surface area contributed by atoms with Crippen LogP contribution in [0.1, 0.15) is 40.7 Å². The number of hydrogen-bond acceptors (Lipinski definition) is 12. The SMILES string of the molecule is O=C(NC(Cc1ccccc1OCCCCCOc1cc(-c2ccc3c(c2)OCO3)cc(-c2ccccc2)n1)C(=O)O)c1ccc(N=NCc2ccccc2S(=O)(=O)O)nc1. The van der Waals surface area contributed by atoms with E-state index in [-0.39, 0.29) is 41.6 Å². The van der Waals surface area contributed by atoms with E-state index in [2.05, 4.69) is 20.5 Å². The molecule has 0 saturated heterocycles. The Morgan fingerprint density at radius 3 is 2.28 bits per heavy atom. The van der Waals surface area contributed by atoms with Crippen LogP contribution in [0, 0.1) is 0 Å². The van der Waals surface area contributed by atoms with Crippen molar-refractivity contribution in [2.24, 2.45) is 10.2 Å². The number of ether oxygens (including phenoxy) is 4. The van der Waals surface area contributed by atoms with Gasteiger partial charge in [0.15, 0.2) is 17.3 Å². The van der Waals surface area contributed by atoms with Crippen molar-refractivity contribution in [3.8, 4) is 45.5 Å². The Bertz CT molecular complexity index is 2630. The second kappa shape index (κ2) is 19.7. The van der Waals surface area contributed by atoms with Crippen LogP contribution < -0.4 is 24.3 Å². The van der Waals surface area contributed by atoms with E-state index in [1.54, 1.807) is 30.3 Å². The first-order valence-corrected chi connectivity index (χ1v) is 20.8. The maximum atomic E-state index is 13.1. The Morgan fingerprint density at radius 2 is 1.51 bits per heavy atom. The van der Waals surface area contributed by atoms with Gasteiger partial charge in [-0.1, -0.05) is 72.8 Å². The number of carbonyl (C=O) groups is 2. The summed E-state index contributed by atoms with van der Waals surface area (Å²) in [5, 5.41) is 20.5. The van der Waals surface area contributed by atoms with Crippen LogP contribution >= 0.6 is 0 Å². The summed E-state index contributed by atoms with van der Waals surface area (Å²) >= 11 is 0. The lowest BCUT2D eigenvalue weighted by Gasteiger charge is -2.17. The molecular formula is C45H41N5O10S.